The lowest BCUT2D eigenvalue weighted by atomic mass is 9.86. The predicted octanol–water partition coefficient (Wildman–Crippen LogP) is 10.1. The SMILES string of the molecule is CCOc1cc(C(C)(C)C)ccc1C1=NC(c2ccc(Cl)cc2)C(c2ccc(Cl)cc2)N1C(=O)NCCCCCCC(=O)Nc1ccccc1N. The topological polar surface area (TPSA) is 109 Å². The van der Waals surface area contributed by atoms with Gasteiger partial charge < -0.3 is 21.1 Å². The van der Waals surface area contributed by atoms with Gasteiger partial charge in [0.2, 0.25) is 5.91 Å². The van der Waals surface area contributed by atoms with E-state index in [1.54, 1.807) is 17.0 Å². The molecule has 0 aromatic heterocycles. The van der Waals surface area contributed by atoms with Crippen molar-refractivity contribution in [3.05, 3.63) is 123 Å². The Bertz CT molecular complexity index is 1840. The van der Waals surface area contributed by atoms with Crippen molar-refractivity contribution in [2.24, 2.45) is 4.99 Å². The van der Waals surface area contributed by atoms with Crippen LogP contribution in [0.1, 0.15) is 94.1 Å². The van der Waals surface area contributed by atoms with E-state index in [0.717, 1.165) is 47.9 Å². The van der Waals surface area contributed by atoms with Crippen LogP contribution in [0.4, 0.5) is 16.2 Å². The number of halogens is 2. The van der Waals surface area contributed by atoms with Gasteiger partial charge in [-0.2, -0.15) is 0 Å². The van der Waals surface area contributed by atoms with Crippen molar-refractivity contribution in [3.8, 4) is 5.75 Å². The average Bonchev–Trinajstić information content (AvgIpc) is 3.49. The molecule has 10 heteroatoms. The summed E-state index contributed by atoms with van der Waals surface area (Å²) in [5.74, 6) is 1.14. The number of carbonyl (C=O) groups is 2. The lowest BCUT2D eigenvalue weighted by molar-refractivity contribution is -0.116. The van der Waals surface area contributed by atoms with Crippen LogP contribution in [-0.4, -0.2) is 35.8 Å². The van der Waals surface area contributed by atoms with E-state index in [9.17, 15) is 9.59 Å². The smallest absolute Gasteiger partial charge is 0.323 e. The third-order valence-electron chi connectivity index (χ3n) is 8.94. The first-order valence-corrected chi connectivity index (χ1v) is 18.3. The fourth-order valence-corrected chi connectivity index (χ4v) is 6.44. The number of urea groups is 1. The molecule has 0 spiro atoms. The van der Waals surface area contributed by atoms with Crippen molar-refractivity contribution in [3.63, 3.8) is 0 Å². The molecule has 1 aliphatic heterocycles. The molecule has 4 aromatic rings. The number of hydrogen-bond donors (Lipinski definition) is 3. The molecule has 0 bridgehead atoms. The summed E-state index contributed by atoms with van der Waals surface area (Å²) in [6.45, 7) is 9.36. The summed E-state index contributed by atoms with van der Waals surface area (Å²) in [5.41, 5.74) is 10.7. The average molecular weight is 729 g/mol. The Hall–Kier alpha value is -4.53. The van der Waals surface area contributed by atoms with Gasteiger partial charge in [0.15, 0.2) is 0 Å². The lowest BCUT2D eigenvalue weighted by Gasteiger charge is -2.30. The Morgan fingerprint density at radius 2 is 1.51 bits per heavy atom. The van der Waals surface area contributed by atoms with Gasteiger partial charge in [-0.3, -0.25) is 14.7 Å². The minimum Gasteiger partial charge on any atom is -0.493 e. The van der Waals surface area contributed by atoms with Crippen LogP contribution in [-0.2, 0) is 10.2 Å². The van der Waals surface area contributed by atoms with Crippen molar-refractivity contribution in [2.45, 2.75) is 77.3 Å². The monoisotopic (exact) mass is 727 g/mol. The third kappa shape index (κ3) is 9.63. The van der Waals surface area contributed by atoms with E-state index in [4.69, 9.17) is 38.7 Å². The Labute approximate surface area is 311 Å². The van der Waals surface area contributed by atoms with Crippen LogP contribution in [0.3, 0.4) is 0 Å². The van der Waals surface area contributed by atoms with Crippen LogP contribution in [0.5, 0.6) is 5.75 Å². The summed E-state index contributed by atoms with van der Waals surface area (Å²) >= 11 is 12.6. The first kappa shape index (κ1) is 37.7. The van der Waals surface area contributed by atoms with Crippen molar-refractivity contribution in [1.29, 1.82) is 0 Å². The van der Waals surface area contributed by atoms with Gasteiger partial charge in [0.05, 0.1) is 29.6 Å². The molecule has 0 aliphatic carbocycles. The molecular formula is C41H47Cl2N5O3. The molecular weight excluding hydrogens is 681 g/mol. The Morgan fingerprint density at radius 1 is 0.863 bits per heavy atom. The third-order valence-corrected chi connectivity index (χ3v) is 9.44. The lowest BCUT2D eigenvalue weighted by Crippen LogP contribution is -2.44. The molecule has 1 heterocycles. The molecule has 8 nitrogen and oxygen atoms in total. The molecule has 51 heavy (non-hydrogen) atoms. The summed E-state index contributed by atoms with van der Waals surface area (Å²) in [6, 6.07) is 27.4. The highest BCUT2D eigenvalue weighted by Crippen LogP contribution is 2.45. The van der Waals surface area contributed by atoms with E-state index in [0.29, 0.717) is 52.6 Å². The zero-order chi connectivity index (χ0) is 36.5. The van der Waals surface area contributed by atoms with E-state index < -0.39 is 12.1 Å². The van der Waals surface area contributed by atoms with Crippen LogP contribution in [0, 0.1) is 0 Å². The number of amides is 3. The molecule has 2 unspecified atom stereocenters. The van der Waals surface area contributed by atoms with Crippen LogP contribution >= 0.6 is 23.2 Å². The van der Waals surface area contributed by atoms with Crippen LogP contribution < -0.4 is 21.1 Å². The number of nitrogens with one attached hydrogen (secondary N) is 2. The van der Waals surface area contributed by atoms with Gasteiger partial charge in [0.25, 0.3) is 0 Å². The second-order valence-corrected chi connectivity index (χ2v) is 14.6. The number of benzene rings is 4. The summed E-state index contributed by atoms with van der Waals surface area (Å²) < 4.78 is 6.21. The van der Waals surface area contributed by atoms with Crippen molar-refractivity contribution >= 4 is 52.4 Å². The molecule has 0 fully saturated rings. The van der Waals surface area contributed by atoms with Gasteiger partial charge in [-0.1, -0.05) is 99.3 Å². The summed E-state index contributed by atoms with van der Waals surface area (Å²) in [7, 11) is 0. The maximum atomic E-state index is 14.4. The van der Waals surface area contributed by atoms with E-state index in [1.807, 2.05) is 73.7 Å². The molecule has 2 atom stereocenters. The van der Waals surface area contributed by atoms with Crippen molar-refractivity contribution in [1.82, 2.24) is 10.2 Å². The predicted molar refractivity (Wildman–Crippen MR) is 209 cm³/mol. The van der Waals surface area contributed by atoms with Gasteiger partial charge in [0.1, 0.15) is 17.6 Å². The number of nitrogen functional groups attached to an aromatic ring is 1. The summed E-state index contributed by atoms with van der Waals surface area (Å²) in [6.07, 6.45) is 3.61. The largest absolute Gasteiger partial charge is 0.493 e. The molecule has 0 saturated carbocycles. The molecule has 4 N–H and O–H groups in total. The van der Waals surface area contributed by atoms with Crippen molar-refractivity contribution < 1.29 is 14.3 Å². The van der Waals surface area contributed by atoms with Crippen molar-refractivity contribution in [2.75, 3.05) is 24.2 Å². The first-order chi connectivity index (χ1) is 24.5. The quantitative estimate of drug-likeness (QED) is 0.0941. The maximum Gasteiger partial charge on any atom is 0.323 e. The molecule has 1 aliphatic rings. The Morgan fingerprint density at radius 3 is 2.16 bits per heavy atom. The minimum atomic E-state index is -0.465. The number of nitrogens with zero attached hydrogens (tertiary/aromatic N) is 2. The Balaban J connectivity index is 1.36. The number of ether oxygens (including phenoxy) is 1. The van der Waals surface area contributed by atoms with Crippen LogP contribution in [0.2, 0.25) is 10.0 Å². The number of carbonyl (C=O) groups excluding carboxylic acids is 2. The summed E-state index contributed by atoms with van der Waals surface area (Å²) in [5, 5.41) is 7.27. The van der Waals surface area contributed by atoms with Gasteiger partial charge >= 0.3 is 6.03 Å². The summed E-state index contributed by atoms with van der Waals surface area (Å²) in [4.78, 5) is 33.8. The highest BCUT2D eigenvalue weighted by atomic mass is 35.5. The second-order valence-electron chi connectivity index (χ2n) is 13.7. The zero-order valence-corrected chi connectivity index (χ0v) is 31.2. The van der Waals surface area contributed by atoms with Gasteiger partial charge in [-0.25, -0.2) is 4.79 Å². The number of hydrogen-bond acceptors (Lipinski definition) is 5. The molecule has 4 aromatic carbocycles. The van der Waals surface area contributed by atoms with Gasteiger partial charge in [-0.05, 0) is 90.4 Å². The minimum absolute atomic E-state index is 0.0625. The number of nitrogens with two attached hydrogens (primary N) is 1. The van der Waals surface area contributed by atoms with Crippen LogP contribution in [0.15, 0.2) is 96.0 Å². The Kier molecular flexibility index (Phi) is 12.7. The maximum absolute atomic E-state index is 14.4. The number of rotatable bonds is 13. The van der Waals surface area contributed by atoms with Gasteiger partial charge in [-0.15, -0.1) is 0 Å². The number of aliphatic imine (C=N–C) groups is 1. The van der Waals surface area contributed by atoms with E-state index in [2.05, 4.69) is 43.5 Å². The number of para-hydroxylation sites is 2. The standard InChI is InChI=1S/C41H47Cl2N5O3/c1-5-51-35-26-29(41(2,3)4)19-24-32(35)39-47-37(27-15-20-30(42)21-16-27)38(28-17-22-31(43)23-18-28)48(39)40(50)45-25-11-7-6-8-14-36(49)46-34-13-10-9-12-33(34)44/h9-10,12-13,15-24,26,37-38H,5-8,11,14,25,44H2,1-4H3,(H,45,50)(H,46,49). The number of amidine groups is 1. The number of anilines is 2. The fourth-order valence-electron chi connectivity index (χ4n) is 6.18. The highest BCUT2D eigenvalue weighted by Gasteiger charge is 2.43. The molecule has 0 saturated heterocycles. The highest BCUT2D eigenvalue weighted by molar-refractivity contribution is 6.30. The zero-order valence-electron chi connectivity index (χ0n) is 29.7. The van der Waals surface area contributed by atoms with E-state index >= 15 is 0 Å². The second kappa shape index (κ2) is 17.1. The molecule has 0 radical (unpaired) electrons. The van der Waals surface area contributed by atoms with Gasteiger partial charge in [0, 0.05) is 23.0 Å². The first-order valence-electron chi connectivity index (χ1n) is 17.5. The van der Waals surface area contributed by atoms with Crippen LogP contribution in [0.25, 0.3) is 0 Å². The molecule has 5 rings (SSSR count). The van der Waals surface area contributed by atoms with E-state index in [-0.39, 0.29) is 17.4 Å². The van der Waals surface area contributed by atoms with E-state index in [1.165, 1.54) is 0 Å². The molecule has 268 valence electrons. The fraction of sp³-hybridized carbons (Fsp3) is 0.341. The normalized spacial score (nSPS) is 15.7. The molecule has 3 amide bonds. The number of unbranched alkanes of at least 4 members (excludes halogenated alkanes) is 3.